The van der Waals surface area contributed by atoms with Crippen molar-refractivity contribution in [2.75, 3.05) is 17.6 Å². The van der Waals surface area contributed by atoms with E-state index in [9.17, 15) is 0 Å². The van der Waals surface area contributed by atoms with E-state index in [1.807, 2.05) is 23.9 Å². The number of nitrogens with two attached hydrogens (primary N) is 1. The Labute approximate surface area is 125 Å². The summed E-state index contributed by atoms with van der Waals surface area (Å²) in [6.45, 7) is 9.89. The van der Waals surface area contributed by atoms with Crippen molar-refractivity contribution in [1.29, 1.82) is 0 Å². The van der Waals surface area contributed by atoms with E-state index >= 15 is 0 Å². The maximum Gasteiger partial charge on any atom is 0.138 e. The molecule has 0 aromatic carbocycles. The van der Waals surface area contributed by atoms with E-state index in [0.717, 1.165) is 36.7 Å². The van der Waals surface area contributed by atoms with Gasteiger partial charge in [-0.3, -0.25) is 4.68 Å². The fourth-order valence-electron chi connectivity index (χ4n) is 1.92. The predicted molar refractivity (Wildman–Crippen MR) is 85.2 cm³/mol. The minimum atomic E-state index is -0.118. The molecule has 0 amide bonds. The lowest BCUT2D eigenvalue weighted by atomic mass is 9.95. The summed E-state index contributed by atoms with van der Waals surface area (Å²) in [6, 6.07) is 1.93. The fourth-order valence-corrected chi connectivity index (χ4v) is 1.92. The summed E-state index contributed by atoms with van der Waals surface area (Å²) in [5.41, 5.74) is 6.78. The van der Waals surface area contributed by atoms with Gasteiger partial charge in [-0.25, -0.2) is 9.97 Å². The summed E-state index contributed by atoms with van der Waals surface area (Å²) >= 11 is 0. The number of aryl methyl sites for hydroxylation is 1. The molecule has 2 rings (SSSR count). The Bertz CT molecular complexity index is 583. The van der Waals surface area contributed by atoms with E-state index in [2.05, 4.69) is 41.2 Å². The number of hydrogen-bond acceptors (Lipinski definition) is 5. The summed E-state index contributed by atoms with van der Waals surface area (Å²) < 4.78 is 1.92. The zero-order valence-corrected chi connectivity index (χ0v) is 13.2. The number of nitrogen functional groups attached to an aromatic ring is 1. The lowest BCUT2D eigenvalue weighted by Gasteiger charge is -2.19. The SMILES string of the molecule is Cc1c(N)nc(C(C)(C)C)nc1NCCCn1cccn1. The molecule has 0 saturated carbocycles. The third-order valence-electron chi connectivity index (χ3n) is 3.27. The monoisotopic (exact) mass is 288 g/mol. The molecule has 0 aliphatic heterocycles. The highest BCUT2D eigenvalue weighted by Gasteiger charge is 2.20. The molecule has 6 heteroatoms. The number of aromatic nitrogens is 4. The van der Waals surface area contributed by atoms with Crippen LogP contribution in [-0.2, 0) is 12.0 Å². The molecule has 2 heterocycles. The van der Waals surface area contributed by atoms with Crippen molar-refractivity contribution in [2.24, 2.45) is 0 Å². The summed E-state index contributed by atoms with van der Waals surface area (Å²) in [5, 5.41) is 7.54. The van der Waals surface area contributed by atoms with Crippen molar-refractivity contribution in [1.82, 2.24) is 19.7 Å². The molecule has 0 aliphatic carbocycles. The van der Waals surface area contributed by atoms with Crippen LogP contribution in [-0.4, -0.2) is 26.3 Å². The van der Waals surface area contributed by atoms with Gasteiger partial charge in [-0.05, 0) is 19.4 Å². The molecule has 0 unspecified atom stereocenters. The Balaban J connectivity index is 2.00. The van der Waals surface area contributed by atoms with Crippen LogP contribution < -0.4 is 11.1 Å². The second kappa shape index (κ2) is 6.11. The Morgan fingerprint density at radius 2 is 2.05 bits per heavy atom. The van der Waals surface area contributed by atoms with Crippen LogP contribution in [0.25, 0.3) is 0 Å². The smallest absolute Gasteiger partial charge is 0.138 e. The van der Waals surface area contributed by atoms with Crippen molar-refractivity contribution in [3.8, 4) is 0 Å². The van der Waals surface area contributed by atoms with Gasteiger partial charge < -0.3 is 11.1 Å². The van der Waals surface area contributed by atoms with Crippen molar-refractivity contribution in [3.05, 3.63) is 29.8 Å². The van der Waals surface area contributed by atoms with Crippen LogP contribution in [0, 0.1) is 6.92 Å². The van der Waals surface area contributed by atoms with E-state index in [0.29, 0.717) is 5.82 Å². The first-order chi connectivity index (χ1) is 9.88. The number of nitrogens with one attached hydrogen (secondary N) is 1. The molecule has 2 aromatic heterocycles. The molecule has 3 N–H and O–H groups in total. The van der Waals surface area contributed by atoms with Gasteiger partial charge in [-0.15, -0.1) is 0 Å². The lowest BCUT2D eigenvalue weighted by Crippen LogP contribution is -2.20. The zero-order valence-electron chi connectivity index (χ0n) is 13.2. The molecule has 2 aromatic rings. The van der Waals surface area contributed by atoms with Gasteiger partial charge in [0, 0.05) is 36.5 Å². The second-order valence-corrected chi connectivity index (χ2v) is 6.21. The molecule has 0 atom stereocenters. The number of anilines is 2. The van der Waals surface area contributed by atoms with E-state index < -0.39 is 0 Å². The van der Waals surface area contributed by atoms with Crippen LogP contribution in [0.4, 0.5) is 11.6 Å². The first-order valence-electron chi connectivity index (χ1n) is 7.24. The summed E-state index contributed by atoms with van der Waals surface area (Å²) in [5.74, 6) is 2.14. The molecule has 114 valence electrons. The van der Waals surface area contributed by atoms with Crippen LogP contribution in [0.5, 0.6) is 0 Å². The van der Waals surface area contributed by atoms with Gasteiger partial charge in [0.15, 0.2) is 0 Å². The van der Waals surface area contributed by atoms with Crippen LogP contribution in [0.1, 0.15) is 38.6 Å². The standard InChI is InChI=1S/C15H24N6/c1-11-12(16)19-14(15(2,3)4)20-13(11)17-7-5-9-21-10-6-8-18-21/h6,8,10H,5,7,9H2,1-4H3,(H3,16,17,19,20). The Kier molecular flexibility index (Phi) is 4.45. The molecule has 21 heavy (non-hydrogen) atoms. The van der Waals surface area contributed by atoms with Crippen LogP contribution in [0.3, 0.4) is 0 Å². The molecular weight excluding hydrogens is 264 g/mol. The Morgan fingerprint density at radius 3 is 2.67 bits per heavy atom. The molecule has 0 radical (unpaired) electrons. The van der Waals surface area contributed by atoms with E-state index in [4.69, 9.17) is 5.73 Å². The number of nitrogens with zero attached hydrogens (tertiary/aromatic N) is 4. The maximum atomic E-state index is 5.99. The van der Waals surface area contributed by atoms with Crippen LogP contribution >= 0.6 is 0 Å². The van der Waals surface area contributed by atoms with E-state index in [-0.39, 0.29) is 5.41 Å². The zero-order chi connectivity index (χ0) is 15.5. The van der Waals surface area contributed by atoms with Crippen LogP contribution in [0.2, 0.25) is 0 Å². The predicted octanol–water partition coefficient (Wildman–Crippen LogP) is 2.36. The summed E-state index contributed by atoms with van der Waals surface area (Å²) in [6.07, 6.45) is 4.72. The first-order valence-corrected chi connectivity index (χ1v) is 7.24. The molecule has 0 saturated heterocycles. The average Bonchev–Trinajstić information content (AvgIpc) is 2.91. The Hall–Kier alpha value is -2.11. The van der Waals surface area contributed by atoms with Crippen molar-refractivity contribution >= 4 is 11.6 Å². The second-order valence-electron chi connectivity index (χ2n) is 6.21. The van der Waals surface area contributed by atoms with E-state index in [1.165, 1.54) is 0 Å². The van der Waals surface area contributed by atoms with Gasteiger partial charge in [-0.1, -0.05) is 20.8 Å². The Morgan fingerprint density at radius 1 is 1.29 bits per heavy atom. The van der Waals surface area contributed by atoms with Gasteiger partial charge >= 0.3 is 0 Å². The van der Waals surface area contributed by atoms with Gasteiger partial charge in [0.05, 0.1) is 0 Å². The maximum absolute atomic E-state index is 5.99. The highest BCUT2D eigenvalue weighted by Crippen LogP contribution is 2.24. The lowest BCUT2D eigenvalue weighted by molar-refractivity contribution is 0.546. The highest BCUT2D eigenvalue weighted by atomic mass is 15.3. The van der Waals surface area contributed by atoms with Crippen LogP contribution in [0.15, 0.2) is 18.5 Å². The largest absolute Gasteiger partial charge is 0.383 e. The topological polar surface area (TPSA) is 81.6 Å². The van der Waals surface area contributed by atoms with Gasteiger partial charge in [0.2, 0.25) is 0 Å². The van der Waals surface area contributed by atoms with Crippen molar-refractivity contribution in [2.45, 2.75) is 46.1 Å². The summed E-state index contributed by atoms with van der Waals surface area (Å²) in [7, 11) is 0. The normalized spacial score (nSPS) is 11.6. The quantitative estimate of drug-likeness (QED) is 0.825. The molecular formula is C15H24N6. The molecule has 0 fully saturated rings. The van der Waals surface area contributed by atoms with Gasteiger partial charge in [0.1, 0.15) is 17.5 Å². The molecule has 0 aliphatic rings. The van der Waals surface area contributed by atoms with Gasteiger partial charge in [0.25, 0.3) is 0 Å². The third-order valence-corrected chi connectivity index (χ3v) is 3.27. The minimum Gasteiger partial charge on any atom is -0.383 e. The fraction of sp³-hybridized carbons (Fsp3) is 0.533. The number of rotatable bonds is 5. The number of hydrogen-bond donors (Lipinski definition) is 2. The van der Waals surface area contributed by atoms with Crippen molar-refractivity contribution in [3.63, 3.8) is 0 Å². The minimum absolute atomic E-state index is 0.118. The molecule has 0 bridgehead atoms. The highest BCUT2D eigenvalue weighted by molar-refractivity contribution is 5.55. The average molecular weight is 288 g/mol. The molecule has 6 nitrogen and oxygen atoms in total. The van der Waals surface area contributed by atoms with Gasteiger partial charge in [-0.2, -0.15) is 5.10 Å². The van der Waals surface area contributed by atoms with E-state index in [1.54, 1.807) is 6.20 Å². The molecule has 0 spiro atoms. The first kappa shape index (κ1) is 15.3. The summed E-state index contributed by atoms with van der Waals surface area (Å²) in [4.78, 5) is 9.00. The third kappa shape index (κ3) is 3.93. The van der Waals surface area contributed by atoms with Crippen molar-refractivity contribution < 1.29 is 0 Å².